The fraction of sp³-hybridized carbons (Fsp3) is 0.583. The lowest BCUT2D eigenvalue weighted by molar-refractivity contribution is -0.141. The molecule has 2 amide bonds. The van der Waals surface area contributed by atoms with E-state index in [1.165, 1.54) is 11.3 Å². The number of aromatic nitrogens is 1. The molecule has 0 radical (unpaired) electrons. The van der Waals surface area contributed by atoms with Crippen LogP contribution in [0.15, 0.2) is 10.9 Å². The van der Waals surface area contributed by atoms with E-state index in [4.69, 9.17) is 5.11 Å². The third-order valence-electron chi connectivity index (χ3n) is 3.27. The summed E-state index contributed by atoms with van der Waals surface area (Å²) in [6.07, 6.45) is 2.60. The summed E-state index contributed by atoms with van der Waals surface area (Å²) in [7, 11) is 0. The van der Waals surface area contributed by atoms with Crippen molar-refractivity contribution in [1.29, 1.82) is 0 Å². The summed E-state index contributed by atoms with van der Waals surface area (Å²) in [4.78, 5) is 26.5. The highest BCUT2D eigenvalue weighted by molar-refractivity contribution is 7.07. The van der Waals surface area contributed by atoms with Crippen molar-refractivity contribution in [2.45, 2.75) is 31.7 Å². The quantitative estimate of drug-likeness (QED) is 0.758. The smallest absolute Gasteiger partial charge is 0.315 e. The molecule has 1 aliphatic carbocycles. The Bertz CT molecular complexity index is 435. The van der Waals surface area contributed by atoms with Crippen LogP contribution in [0.5, 0.6) is 0 Å². The van der Waals surface area contributed by atoms with Crippen LogP contribution in [0.1, 0.15) is 25.0 Å². The lowest BCUT2D eigenvalue weighted by Crippen LogP contribution is -2.41. The average Bonchev–Trinajstić information content (AvgIpc) is 3.00. The third kappa shape index (κ3) is 4.20. The van der Waals surface area contributed by atoms with Crippen molar-refractivity contribution in [3.05, 3.63) is 16.6 Å². The van der Waals surface area contributed by atoms with Gasteiger partial charge in [0.05, 0.1) is 17.1 Å². The zero-order valence-corrected chi connectivity index (χ0v) is 11.3. The summed E-state index contributed by atoms with van der Waals surface area (Å²) < 4.78 is 0. The Balaban J connectivity index is 1.63. The molecule has 1 aromatic heterocycles. The Hall–Kier alpha value is -1.63. The van der Waals surface area contributed by atoms with Crippen LogP contribution in [0.4, 0.5) is 4.79 Å². The minimum absolute atomic E-state index is 0.0274. The highest BCUT2D eigenvalue weighted by Gasteiger charge is 2.30. The first kappa shape index (κ1) is 13.8. The van der Waals surface area contributed by atoms with Gasteiger partial charge in [0, 0.05) is 24.4 Å². The molecule has 1 aliphatic rings. The molecule has 0 spiro atoms. The number of carbonyl (C=O) groups excluding carboxylic acids is 1. The van der Waals surface area contributed by atoms with Crippen molar-refractivity contribution in [1.82, 2.24) is 15.6 Å². The number of aliphatic carboxylic acids is 1. The molecule has 1 heterocycles. The molecule has 1 saturated carbocycles. The van der Waals surface area contributed by atoms with E-state index in [-0.39, 0.29) is 18.0 Å². The predicted molar refractivity (Wildman–Crippen MR) is 71.1 cm³/mol. The van der Waals surface area contributed by atoms with Gasteiger partial charge in [-0.1, -0.05) is 0 Å². The van der Waals surface area contributed by atoms with Crippen LogP contribution >= 0.6 is 11.3 Å². The first-order valence-electron chi connectivity index (χ1n) is 6.29. The minimum atomic E-state index is -0.770. The lowest BCUT2D eigenvalue weighted by atomic mass is 10.1. The molecule has 7 heteroatoms. The molecule has 0 saturated heterocycles. The number of carboxylic acid groups (broad SMARTS) is 1. The Morgan fingerprint density at radius 3 is 2.95 bits per heavy atom. The fourth-order valence-corrected chi connectivity index (χ4v) is 2.83. The summed E-state index contributed by atoms with van der Waals surface area (Å²) in [6.45, 7) is 0.532. The van der Waals surface area contributed by atoms with Crippen molar-refractivity contribution >= 4 is 23.3 Å². The second kappa shape index (κ2) is 6.51. The Kier molecular flexibility index (Phi) is 4.73. The average molecular weight is 283 g/mol. The van der Waals surface area contributed by atoms with E-state index in [0.717, 1.165) is 12.1 Å². The summed E-state index contributed by atoms with van der Waals surface area (Å²) in [5, 5.41) is 16.4. The molecule has 1 aromatic rings. The van der Waals surface area contributed by atoms with Crippen LogP contribution in [0.25, 0.3) is 0 Å². The molecular formula is C12H17N3O3S. The van der Waals surface area contributed by atoms with Gasteiger partial charge in [-0.2, -0.15) is 0 Å². The molecule has 0 bridgehead atoms. The molecule has 104 valence electrons. The number of carbonyl (C=O) groups is 2. The first-order valence-corrected chi connectivity index (χ1v) is 7.23. The van der Waals surface area contributed by atoms with Crippen LogP contribution in [-0.4, -0.2) is 34.7 Å². The molecule has 2 rings (SSSR count). The Labute approximate surface area is 115 Å². The van der Waals surface area contributed by atoms with Gasteiger partial charge < -0.3 is 15.7 Å². The molecule has 1 fully saturated rings. The van der Waals surface area contributed by atoms with Crippen LogP contribution in [0.3, 0.4) is 0 Å². The van der Waals surface area contributed by atoms with Crippen molar-refractivity contribution in [2.24, 2.45) is 5.92 Å². The number of carboxylic acids is 1. The van der Waals surface area contributed by atoms with Gasteiger partial charge in [-0.15, -0.1) is 11.3 Å². The van der Waals surface area contributed by atoms with E-state index in [0.29, 0.717) is 25.8 Å². The van der Waals surface area contributed by atoms with Crippen molar-refractivity contribution in [2.75, 3.05) is 6.54 Å². The summed E-state index contributed by atoms with van der Waals surface area (Å²) >= 11 is 1.53. The van der Waals surface area contributed by atoms with Gasteiger partial charge in [0.1, 0.15) is 0 Å². The summed E-state index contributed by atoms with van der Waals surface area (Å²) in [6, 6.07) is -0.258. The second-order valence-electron chi connectivity index (χ2n) is 4.68. The largest absolute Gasteiger partial charge is 0.481 e. The summed E-state index contributed by atoms with van der Waals surface area (Å²) in [5.74, 6) is -1.09. The maximum Gasteiger partial charge on any atom is 0.315 e. The maximum atomic E-state index is 11.6. The SMILES string of the molecule is O=C(NCCc1cscn1)N[C@H]1CC[C@@H](C(=O)O)C1. The monoisotopic (exact) mass is 283 g/mol. The van der Waals surface area contributed by atoms with Gasteiger partial charge >= 0.3 is 12.0 Å². The van der Waals surface area contributed by atoms with E-state index in [1.807, 2.05) is 5.38 Å². The van der Waals surface area contributed by atoms with Gasteiger partial charge in [0.2, 0.25) is 0 Å². The normalized spacial score (nSPS) is 22.1. The van der Waals surface area contributed by atoms with Crippen LogP contribution in [0, 0.1) is 5.92 Å². The number of nitrogens with zero attached hydrogens (tertiary/aromatic N) is 1. The van der Waals surface area contributed by atoms with Gasteiger partial charge in [-0.3, -0.25) is 4.79 Å². The topological polar surface area (TPSA) is 91.3 Å². The van der Waals surface area contributed by atoms with E-state index in [1.54, 1.807) is 5.51 Å². The van der Waals surface area contributed by atoms with Gasteiger partial charge in [-0.05, 0) is 19.3 Å². The third-order valence-corrected chi connectivity index (χ3v) is 3.90. The maximum absolute atomic E-state index is 11.6. The number of thiazole rings is 1. The highest BCUT2D eigenvalue weighted by atomic mass is 32.1. The molecule has 2 atom stereocenters. The van der Waals surface area contributed by atoms with Crippen molar-refractivity contribution < 1.29 is 14.7 Å². The zero-order valence-electron chi connectivity index (χ0n) is 10.5. The molecule has 0 unspecified atom stereocenters. The number of rotatable bonds is 5. The zero-order chi connectivity index (χ0) is 13.7. The molecular weight excluding hydrogens is 266 g/mol. The van der Waals surface area contributed by atoms with Gasteiger partial charge in [-0.25, -0.2) is 9.78 Å². The Morgan fingerprint density at radius 2 is 2.32 bits per heavy atom. The van der Waals surface area contributed by atoms with Crippen molar-refractivity contribution in [3.8, 4) is 0 Å². The number of urea groups is 1. The van der Waals surface area contributed by atoms with Crippen LogP contribution < -0.4 is 10.6 Å². The number of hydrogen-bond acceptors (Lipinski definition) is 4. The number of hydrogen-bond donors (Lipinski definition) is 3. The predicted octanol–water partition coefficient (Wildman–Crippen LogP) is 1.24. The minimum Gasteiger partial charge on any atom is -0.481 e. The summed E-state index contributed by atoms with van der Waals surface area (Å²) in [5.41, 5.74) is 2.73. The number of nitrogens with one attached hydrogen (secondary N) is 2. The van der Waals surface area contributed by atoms with Crippen molar-refractivity contribution in [3.63, 3.8) is 0 Å². The second-order valence-corrected chi connectivity index (χ2v) is 5.39. The molecule has 6 nitrogen and oxygen atoms in total. The molecule has 0 aromatic carbocycles. The molecule has 19 heavy (non-hydrogen) atoms. The van der Waals surface area contributed by atoms with Crippen LogP contribution in [0.2, 0.25) is 0 Å². The lowest BCUT2D eigenvalue weighted by Gasteiger charge is -2.13. The van der Waals surface area contributed by atoms with Crippen LogP contribution in [-0.2, 0) is 11.2 Å². The van der Waals surface area contributed by atoms with Gasteiger partial charge in [0.25, 0.3) is 0 Å². The number of amides is 2. The van der Waals surface area contributed by atoms with E-state index in [2.05, 4.69) is 15.6 Å². The Morgan fingerprint density at radius 1 is 1.47 bits per heavy atom. The standard InChI is InChI=1S/C12H17N3O3S/c16-11(17)8-1-2-9(5-8)15-12(18)13-4-3-10-6-19-7-14-10/h6-9H,1-5H2,(H,16,17)(H2,13,15,18)/t8-,9+/m1/s1. The molecule has 0 aliphatic heterocycles. The van der Waals surface area contributed by atoms with E-state index < -0.39 is 5.97 Å². The highest BCUT2D eigenvalue weighted by Crippen LogP contribution is 2.25. The first-order chi connectivity index (χ1) is 9.15. The molecule has 3 N–H and O–H groups in total. The van der Waals surface area contributed by atoms with E-state index >= 15 is 0 Å². The fourth-order valence-electron chi connectivity index (χ4n) is 2.24. The van der Waals surface area contributed by atoms with Gasteiger partial charge in [0.15, 0.2) is 0 Å². The van der Waals surface area contributed by atoms with E-state index in [9.17, 15) is 9.59 Å².